The van der Waals surface area contributed by atoms with Gasteiger partial charge in [-0.15, -0.1) is 0 Å². The van der Waals surface area contributed by atoms with Crippen molar-refractivity contribution in [2.75, 3.05) is 5.32 Å². The van der Waals surface area contributed by atoms with Crippen molar-refractivity contribution in [2.24, 2.45) is 0 Å². The van der Waals surface area contributed by atoms with Crippen LogP contribution >= 0.6 is 23.8 Å². The third-order valence-electron chi connectivity index (χ3n) is 4.26. The fourth-order valence-electron chi connectivity index (χ4n) is 2.76. The summed E-state index contributed by atoms with van der Waals surface area (Å²) < 4.78 is 5.21. The summed E-state index contributed by atoms with van der Waals surface area (Å²) in [5.41, 5.74) is 1.79. The van der Waals surface area contributed by atoms with Crippen LogP contribution in [-0.4, -0.2) is 16.9 Å². The Balaban J connectivity index is 1.54. The molecule has 3 aromatic rings. The minimum Gasteiger partial charge on any atom is -0.467 e. The smallest absolute Gasteiger partial charge is 0.253 e. The molecular weight excluding hydrogens is 422 g/mol. The first-order valence-electron chi connectivity index (χ1n) is 9.27. The second-order valence-corrected chi connectivity index (χ2v) is 7.22. The standard InChI is InChI=1S/C22H20ClN3O3S/c23-18-9-3-1-6-15(18)11-12-20(27)26-22(30)25-19-10-4-2-8-17(19)21(28)24-14-16-7-5-13-29-16/h1-10,13H,11-12,14H2,(H,24,28)(H2,25,26,27,30). The summed E-state index contributed by atoms with van der Waals surface area (Å²) in [5.74, 6) is 0.115. The minimum atomic E-state index is -0.289. The molecule has 30 heavy (non-hydrogen) atoms. The van der Waals surface area contributed by atoms with Crippen LogP contribution in [0.2, 0.25) is 5.02 Å². The van der Waals surface area contributed by atoms with Gasteiger partial charge in [0, 0.05) is 11.4 Å². The third-order valence-corrected chi connectivity index (χ3v) is 4.83. The Bertz CT molecular complexity index is 1040. The number of amides is 2. The zero-order chi connectivity index (χ0) is 21.3. The van der Waals surface area contributed by atoms with Crippen molar-refractivity contribution in [1.29, 1.82) is 0 Å². The predicted octanol–water partition coefficient (Wildman–Crippen LogP) is 4.31. The van der Waals surface area contributed by atoms with Crippen LogP contribution in [0.25, 0.3) is 0 Å². The molecule has 0 atom stereocenters. The van der Waals surface area contributed by atoms with E-state index in [2.05, 4.69) is 16.0 Å². The number of thiocarbonyl (C=S) groups is 1. The van der Waals surface area contributed by atoms with Crippen LogP contribution in [0, 0.1) is 0 Å². The number of anilines is 1. The number of rotatable bonds is 7. The highest BCUT2D eigenvalue weighted by atomic mass is 35.5. The molecule has 0 spiro atoms. The SMILES string of the molecule is O=C(CCc1ccccc1Cl)NC(=S)Nc1ccccc1C(=O)NCc1ccco1. The lowest BCUT2D eigenvalue weighted by atomic mass is 10.1. The van der Waals surface area contributed by atoms with E-state index in [1.807, 2.05) is 18.2 Å². The summed E-state index contributed by atoms with van der Waals surface area (Å²) >= 11 is 11.3. The molecule has 0 aliphatic carbocycles. The van der Waals surface area contributed by atoms with Gasteiger partial charge in [-0.2, -0.15) is 0 Å². The maximum absolute atomic E-state index is 12.5. The first-order chi connectivity index (χ1) is 14.5. The van der Waals surface area contributed by atoms with Crippen molar-refractivity contribution in [3.05, 3.63) is 88.8 Å². The van der Waals surface area contributed by atoms with Gasteiger partial charge in [-0.3, -0.25) is 9.59 Å². The molecule has 0 aliphatic rings. The van der Waals surface area contributed by atoms with Gasteiger partial charge in [0.15, 0.2) is 5.11 Å². The van der Waals surface area contributed by atoms with Crippen LogP contribution in [-0.2, 0) is 17.8 Å². The Morgan fingerprint density at radius 3 is 2.53 bits per heavy atom. The van der Waals surface area contributed by atoms with Crippen molar-refractivity contribution in [2.45, 2.75) is 19.4 Å². The number of hydrogen-bond acceptors (Lipinski definition) is 4. The molecule has 0 aliphatic heterocycles. The van der Waals surface area contributed by atoms with E-state index in [4.69, 9.17) is 28.2 Å². The highest BCUT2D eigenvalue weighted by Crippen LogP contribution is 2.17. The number of carbonyl (C=O) groups is 2. The van der Waals surface area contributed by atoms with Gasteiger partial charge in [-0.05, 0) is 54.5 Å². The molecule has 8 heteroatoms. The Morgan fingerprint density at radius 1 is 1.00 bits per heavy atom. The van der Waals surface area contributed by atoms with E-state index in [0.29, 0.717) is 28.5 Å². The molecule has 3 N–H and O–H groups in total. The van der Waals surface area contributed by atoms with E-state index in [-0.39, 0.29) is 29.9 Å². The molecule has 0 saturated carbocycles. The average molecular weight is 442 g/mol. The quantitative estimate of drug-likeness (QED) is 0.476. The molecule has 0 fully saturated rings. The Morgan fingerprint density at radius 2 is 1.77 bits per heavy atom. The molecule has 0 radical (unpaired) electrons. The predicted molar refractivity (Wildman–Crippen MR) is 120 cm³/mol. The first kappa shape index (κ1) is 21.5. The topological polar surface area (TPSA) is 83.4 Å². The molecule has 1 heterocycles. The largest absolute Gasteiger partial charge is 0.467 e. The van der Waals surface area contributed by atoms with E-state index in [0.717, 1.165) is 5.56 Å². The fourth-order valence-corrected chi connectivity index (χ4v) is 3.21. The van der Waals surface area contributed by atoms with Crippen molar-refractivity contribution in [3.8, 4) is 0 Å². The van der Waals surface area contributed by atoms with Gasteiger partial charge >= 0.3 is 0 Å². The fraction of sp³-hybridized carbons (Fsp3) is 0.136. The van der Waals surface area contributed by atoms with Crippen LogP contribution in [0.15, 0.2) is 71.3 Å². The van der Waals surface area contributed by atoms with Gasteiger partial charge in [0.25, 0.3) is 5.91 Å². The van der Waals surface area contributed by atoms with Crippen molar-refractivity contribution in [1.82, 2.24) is 10.6 Å². The van der Waals surface area contributed by atoms with E-state index in [1.165, 1.54) is 0 Å². The zero-order valence-electron chi connectivity index (χ0n) is 16.0. The Kier molecular flexibility index (Phi) is 7.59. The van der Waals surface area contributed by atoms with Crippen molar-refractivity contribution in [3.63, 3.8) is 0 Å². The van der Waals surface area contributed by atoms with Crippen molar-refractivity contribution >= 4 is 46.4 Å². The molecular formula is C22H20ClN3O3S. The third kappa shape index (κ3) is 6.17. The van der Waals surface area contributed by atoms with Crippen LogP contribution < -0.4 is 16.0 Å². The minimum absolute atomic E-state index is 0.116. The molecule has 2 amide bonds. The van der Waals surface area contributed by atoms with Crippen molar-refractivity contribution < 1.29 is 14.0 Å². The highest BCUT2D eigenvalue weighted by molar-refractivity contribution is 7.80. The number of halogens is 1. The lowest BCUT2D eigenvalue weighted by molar-refractivity contribution is -0.119. The van der Waals surface area contributed by atoms with Gasteiger partial charge in [-0.25, -0.2) is 0 Å². The van der Waals surface area contributed by atoms with Gasteiger partial charge < -0.3 is 20.4 Å². The molecule has 3 rings (SSSR count). The number of furan rings is 1. The maximum Gasteiger partial charge on any atom is 0.253 e. The molecule has 1 aromatic heterocycles. The second-order valence-electron chi connectivity index (χ2n) is 6.40. The average Bonchev–Trinajstić information content (AvgIpc) is 3.25. The number of para-hydroxylation sites is 1. The van der Waals surface area contributed by atoms with E-state index in [1.54, 1.807) is 48.7 Å². The van der Waals surface area contributed by atoms with Crippen LogP contribution in [0.4, 0.5) is 5.69 Å². The van der Waals surface area contributed by atoms with E-state index in [9.17, 15) is 9.59 Å². The molecule has 0 saturated heterocycles. The van der Waals surface area contributed by atoms with E-state index < -0.39 is 0 Å². The number of aryl methyl sites for hydroxylation is 1. The summed E-state index contributed by atoms with van der Waals surface area (Å²) in [5, 5.41) is 9.07. The number of nitrogens with one attached hydrogen (secondary N) is 3. The molecule has 0 unspecified atom stereocenters. The van der Waals surface area contributed by atoms with Crippen LogP contribution in [0.5, 0.6) is 0 Å². The van der Waals surface area contributed by atoms with Crippen LogP contribution in [0.3, 0.4) is 0 Å². The Labute approximate surface area is 184 Å². The highest BCUT2D eigenvalue weighted by Gasteiger charge is 2.13. The van der Waals surface area contributed by atoms with Gasteiger partial charge in [0.1, 0.15) is 5.76 Å². The molecule has 2 aromatic carbocycles. The van der Waals surface area contributed by atoms with Gasteiger partial charge in [-0.1, -0.05) is 41.9 Å². The molecule has 0 bridgehead atoms. The summed E-state index contributed by atoms with van der Waals surface area (Å²) in [4.78, 5) is 24.7. The van der Waals surface area contributed by atoms with Crippen LogP contribution in [0.1, 0.15) is 28.1 Å². The summed E-state index contributed by atoms with van der Waals surface area (Å²) in [6.45, 7) is 0.267. The normalized spacial score (nSPS) is 10.3. The lowest BCUT2D eigenvalue weighted by Gasteiger charge is -2.13. The summed E-state index contributed by atoms with van der Waals surface area (Å²) in [7, 11) is 0. The zero-order valence-corrected chi connectivity index (χ0v) is 17.6. The number of benzene rings is 2. The second kappa shape index (κ2) is 10.6. The van der Waals surface area contributed by atoms with Gasteiger partial charge in [0.2, 0.25) is 5.91 Å². The summed E-state index contributed by atoms with van der Waals surface area (Å²) in [6.07, 6.45) is 2.28. The molecule has 6 nitrogen and oxygen atoms in total. The van der Waals surface area contributed by atoms with E-state index >= 15 is 0 Å². The van der Waals surface area contributed by atoms with Gasteiger partial charge in [0.05, 0.1) is 24.1 Å². The molecule has 154 valence electrons. The maximum atomic E-state index is 12.5. The monoisotopic (exact) mass is 441 g/mol. The first-order valence-corrected chi connectivity index (χ1v) is 10.1. The number of carbonyl (C=O) groups excluding carboxylic acids is 2. The Hall–Kier alpha value is -3.16. The summed E-state index contributed by atoms with van der Waals surface area (Å²) in [6, 6.07) is 17.8. The number of hydrogen-bond donors (Lipinski definition) is 3. The lowest BCUT2D eigenvalue weighted by Crippen LogP contribution is -2.35.